The second kappa shape index (κ2) is 5.92. The standard InChI is InChI=1S/C17H19N7/c1-3-4-12(2)23-10-14(9-21-23)17-16-5-6-20-24(16)11-15(22-17)13-7-18-19-8-13/h5-12H,3-4H2,1-2H3,(H,18,19). The van der Waals surface area contributed by atoms with Gasteiger partial charge in [0.15, 0.2) is 0 Å². The molecule has 0 aliphatic heterocycles. The van der Waals surface area contributed by atoms with Crippen molar-refractivity contribution in [2.24, 2.45) is 0 Å². The average molecular weight is 321 g/mol. The van der Waals surface area contributed by atoms with Gasteiger partial charge in [0, 0.05) is 29.6 Å². The maximum Gasteiger partial charge on any atom is 0.0999 e. The first-order chi connectivity index (χ1) is 11.8. The zero-order valence-corrected chi connectivity index (χ0v) is 13.7. The topological polar surface area (TPSA) is 76.7 Å². The van der Waals surface area contributed by atoms with E-state index in [2.05, 4.69) is 40.4 Å². The normalized spacial score (nSPS) is 12.8. The van der Waals surface area contributed by atoms with E-state index in [4.69, 9.17) is 4.98 Å². The van der Waals surface area contributed by atoms with Crippen molar-refractivity contribution in [3.8, 4) is 22.5 Å². The SMILES string of the molecule is CCCC(C)n1cc(-c2nc(-c3cn[nH]c3)cn3nccc23)cn1. The summed E-state index contributed by atoms with van der Waals surface area (Å²) in [5, 5.41) is 15.7. The smallest absolute Gasteiger partial charge is 0.0999 e. The van der Waals surface area contributed by atoms with Crippen LogP contribution in [0, 0.1) is 0 Å². The van der Waals surface area contributed by atoms with E-state index >= 15 is 0 Å². The Bertz CT molecular complexity index is 949. The summed E-state index contributed by atoms with van der Waals surface area (Å²) in [4.78, 5) is 4.83. The van der Waals surface area contributed by atoms with Crippen LogP contribution in [0.3, 0.4) is 0 Å². The highest BCUT2D eigenvalue weighted by atomic mass is 15.3. The van der Waals surface area contributed by atoms with Gasteiger partial charge in [-0.2, -0.15) is 15.3 Å². The number of nitrogens with zero attached hydrogens (tertiary/aromatic N) is 6. The van der Waals surface area contributed by atoms with Crippen LogP contribution in [0.1, 0.15) is 32.7 Å². The Balaban J connectivity index is 1.82. The summed E-state index contributed by atoms with van der Waals surface area (Å²) in [6.07, 6.45) is 13.5. The van der Waals surface area contributed by atoms with Gasteiger partial charge in [-0.1, -0.05) is 13.3 Å². The molecule has 1 atom stereocenters. The van der Waals surface area contributed by atoms with Crippen LogP contribution in [0.4, 0.5) is 0 Å². The van der Waals surface area contributed by atoms with Gasteiger partial charge < -0.3 is 0 Å². The van der Waals surface area contributed by atoms with E-state index in [-0.39, 0.29) is 0 Å². The predicted molar refractivity (Wildman–Crippen MR) is 91.4 cm³/mol. The molecule has 1 unspecified atom stereocenters. The first kappa shape index (κ1) is 14.6. The summed E-state index contributed by atoms with van der Waals surface area (Å²) < 4.78 is 3.86. The molecule has 0 amide bonds. The summed E-state index contributed by atoms with van der Waals surface area (Å²) in [6, 6.07) is 2.34. The van der Waals surface area contributed by atoms with Crippen molar-refractivity contribution in [1.82, 2.24) is 34.6 Å². The lowest BCUT2D eigenvalue weighted by molar-refractivity contribution is 0.455. The summed E-state index contributed by atoms with van der Waals surface area (Å²) >= 11 is 0. The molecule has 4 aromatic rings. The minimum Gasteiger partial charge on any atom is -0.285 e. The Hall–Kier alpha value is -2.96. The maximum absolute atomic E-state index is 4.83. The summed E-state index contributed by atoms with van der Waals surface area (Å²) in [6.45, 7) is 4.37. The van der Waals surface area contributed by atoms with Crippen molar-refractivity contribution >= 4 is 5.52 Å². The van der Waals surface area contributed by atoms with Crippen LogP contribution in [-0.4, -0.2) is 34.6 Å². The number of aromatic amines is 1. The average Bonchev–Trinajstić information content (AvgIpc) is 3.33. The molecule has 4 aromatic heterocycles. The first-order valence-electron chi connectivity index (χ1n) is 8.14. The van der Waals surface area contributed by atoms with Gasteiger partial charge in [-0.15, -0.1) is 0 Å². The number of H-pyrrole nitrogens is 1. The number of hydrogen-bond acceptors (Lipinski definition) is 4. The van der Waals surface area contributed by atoms with E-state index < -0.39 is 0 Å². The Morgan fingerprint density at radius 2 is 2.08 bits per heavy atom. The lowest BCUT2D eigenvalue weighted by Crippen LogP contribution is -2.04. The fourth-order valence-electron chi connectivity index (χ4n) is 2.92. The van der Waals surface area contributed by atoms with Gasteiger partial charge >= 0.3 is 0 Å². The van der Waals surface area contributed by atoms with Crippen LogP contribution in [0.2, 0.25) is 0 Å². The van der Waals surface area contributed by atoms with E-state index in [1.807, 2.05) is 33.9 Å². The molecule has 122 valence electrons. The van der Waals surface area contributed by atoms with Crippen molar-refractivity contribution in [2.45, 2.75) is 32.7 Å². The Morgan fingerprint density at radius 3 is 2.88 bits per heavy atom. The molecule has 1 N–H and O–H groups in total. The monoisotopic (exact) mass is 321 g/mol. The van der Waals surface area contributed by atoms with Gasteiger partial charge in [-0.05, 0) is 19.4 Å². The molecular weight excluding hydrogens is 302 g/mol. The molecule has 0 radical (unpaired) electrons. The molecule has 7 nitrogen and oxygen atoms in total. The van der Waals surface area contributed by atoms with E-state index in [9.17, 15) is 0 Å². The van der Waals surface area contributed by atoms with Gasteiger partial charge in [-0.25, -0.2) is 9.50 Å². The van der Waals surface area contributed by atoms with E-state index in [0.29, 0.717) is 6.04 Å². The third-order valence-electron chi connectivity index (χ3n) is 4.22. The largest absolute Gasteiger partial charge is 0.285 e. The summed E-state index contributed by atoms with van der Waals surface area (Å²) in [5.41, 5.74) is 4.59. The minimum atomic E-state index is 0.377. The van der Waals surface area contributed by atoms with Crippen LogP contribution >= 0.6 is 0 Å². The molecule has 0 saturated heterocycles. The Labute approximate surface area is 139 Å². The number of hydrogen-bond donors (Lipinski definition) is 1. The zero-order chi connectivity index (χ0) is 16.5. The number of rotatable bonds is 5. The van der Waals surface area contributed by atoms with Crippen LogP contribution < -0.4 is 0 Å². The molecule has 0 aliphatic rings. The van der Waals surface area contributed by atoms with Gasteiger partial charge in [0.25, 0.3) is 0 Å². The number of nitrogens with one attached hydrogen (secondary N) is 1. The molecule has 4 rings (SSSR count). The highest BCUT2D eigenvalue weighted by molar-refractivity contribution is 5.78. The van der Waals surface area contributed by atoms with Crippen molar-refractivity contribution in [1.29, 1.82) is 0 Å². The maximum atomic E-state index is 4.83. The Morgan fingerprint density at radius 1 is 1.17 bits per heavy atom. The third kappa shape index (κ3) is 2.47. The van der Waals surface area contributed by atoms with Crippen LogP contribution in [-0.2, 0) is 0 Å². The molecule has 0 fully saturated rings. The molecule has 0 aromatic carbocycles. The minimum absolute atomic E-state index is 0.377. The second-order valence-corrected chi connectivity index (χ2v) is 5.97. The fourth-order valence-corrected chi connectivity index (χ4v) is 2.92. The second-order valence-electron chi connectivity index (χ2n) is 5.97. The quantitative estimate of drug-likeness (QED) is 0.611. The van der Waals surface area contributed by atoms with Crippen molar-refractivity contribution in [2.75, 3.05) is 0 Å². The third-order valence-corrected chi connectivity index (χ3v) is 4.22. The number of fused-ring (bicyclic) bond motifs is 1. The molecular formula is C17H19N7. The van der Waals surface area contributed by atoms with Crippen LogP contribution in [0.5, 0.6) is 0 Å². The lowest BCUT2D eigenvalue weighted by Gasteiger charge is -2.10. The fraction of sp³-hybridized carbons (Fsp3) is 0.294. The highest BCUT2D eigenvalue weighted by Crippen LogP contribution is 2.27. The Kier molecular flexibility index (Phi) is 3.60. The summed E-state index contributed by atoms with van der Waals surface area (Å²) in [5.74, 6) is 0. The van der Waals surface area contributed by atoms with Gasteiger partial charge in [-0.3, -0.25) is 9.78 Å². The molecule has 24 heavy (non-hydrogen) atoms. The zero-order valence-electron chi connectivity index (χ0n) is 13.7. The molecule has 0 spiro atoms. The van der Waals surface area contributed by atoms with Crippen molar-refractivity contribution in [3.05, 3.63) is 43.2 Å². The van der Waals surface area contributed by atoms with Gasteiger partial charge in [0.1, 0.15) is 0 Å². The van der Waals surface area contributed by atoms with Gasteiger partial charge in [0.2, 0.25) is 0 Å². The van der Waals surface area contributed by atoms with Crippen molar-refractivity contribution < 1.29 is 0 Å². The van der Waals surface area contributed by atoms with Crippen molar-refractivity contribution in [3.63, 3.8) is 0 Å². The molecule has 0 saturated carbocycles. The molecule has 4 heterocycles. The van der Waals surface area contributed by atoms with E-state index in [1.54, 1.807) is 12.4 Å². The van der Waals surface area contributed by atoms with E-state index in [0.717, 1.165) is 40.9 Å². The summed E-state index contributed by atoms with van der Waals surface area (Å²) in [7, 11) is 0. The molecule has 0 bridgehead atoms. The highest BCUT2D eigenvalue weighted by Gasteiger charge is 2.14. The van der Waals surface area contributed by atoms with Crippen LogP contribution in [0.15, 0.2) is 43.2 Å². The van der Waals surface area contributed by atoms with Crippen LogP contribution in [0.25, 0.3) is 28.0 Å². The first-order valence-corrected chi connectivity index (χ1v) is 8.14. The molecule has 0 aliphatic carbocycles. The molecule has 7 heteroatoms. The lowest BCUT2D eigenvalue weighted by atomic mass is 10.2. The predicted octanol–water partition coefficient (Wildman–Crippen LogP) is 3.34. The number of aromatic nitrogens is 7. The van der Waals surface area contributed by atoms with Gasteiger partial charge in [0.05, 0.1) is 41.7 Å². The van der Waals surface area contributed by atoms with E-state index in [1.165, 1.54) is 0 Å².